The van der Waals surface area contributed by atoms with Gasteiger partial charge in [-0.2, -0.15) is 15.3 Å². The lowest BCUT2D eigenvalue weighted by Crippen LogP contribution is -2.23. The van der Waals surface area contributed by atoms with Gasteiger partial charge in [0.15, 0.2) is 17.6 Å². The highest BCUT2D eigenvalue weighted by molar-refractivity contribution is 6.04. The molecule has 102 valence electrons. The molecule has 0 aliphatic carbocycles. The highest BCUT2D eigenvalue weighted by Crippen LogP contribution is 2.16. The smallest absolute Gasteiger partial charge is 0.187 e. The van der Waals surface area contributed by atoms with Gasteiger partial charge >= 0.3 is 0 Å². The minimum absolute atomic E-state index is 0.319. The first-order valence-corrected chi connectivity index (χ1v) is 5.95. The Hall–Kier alpha value is -2.70. The molecule has 1 heterocycles. The second-order valence-electron chi connectivity index (χ2n) is 4.20. The van der Waals surface area contributed by atoms with Crippen molar-refractivity contribution < 1.29 is 9.59 Å². The zero-order valence-electron chi connectivity index (χ0n) is 11.1. The highest BCUT2D eigenvalue weighted by Gasteiger charge is 2.18. The number of azo groups is 1. The second kappa shape index (κ2) is 5.96. The molecule has 0 N–H and O–H groups in total. The van der Waals surface area contributed by atoms with Crippen LogP contribution in [0.25, 0.3) is 5.69 Å². The predicted octanol–water partition coefficient (Wildman–Crippen LogP) is 1.90. The summed E-state index contributed by atoms with van der Waals surface area (Å²) in [6.45, 7) is 2.64. The lowest BCUT2D eigenvalue weighted by Gasteiger charge is -2.02. The molecular weight excluding hydrogens is 258 g/mol. The van der Waals surface area contributed by atoms with Crippen molar-refractivity contribution in [2.24, 2.45) is 10.2 Å². The van der Waals surface area contributed by atoms with Crippen molar-refractivity contribution in [3.8, 4) is 5.69 Å². The van der Waals surface area contributed by atoms with Crippen molar-refractivity contribution in [3.63, 3.8) is 0 Å². The number of rotatable bonds is 5. The molecule has 0 amide bonds. The summed E-state index contributed by atoms with van der Waals surface area (Å²) >= 11 is 0. The van der Waals surface area contributed by atoms with Crippen LogP contribution >= 0.6 is 0 Å². The SMILES string of the molecule is CC(=O)C(N=Nc1ccc(-n2cncn2)cc1)C(C)=O. The summed E-state index contributed by atoms with van der Waals surface area (Å²) in [5.74, 6) is -0.638. The monoisotopic (exact) mass is 271 g/mol. The Morgan fingerprint density at radius 2 is 1.80 bits per heavy atom. The number of nitrogens with zero attached hydrogens (tertiary/aromatic N) is 5. The third-order valence-corrected chi connectivity index (χ3v) is 2.59. The van der Waals surface area contributed by atoms with E-state index in [0.29, 0.717) is 5.69 Å². The fraction of sp³-hybridized carbons (Fsp3) is 0.231. The lowest BCUT2D eigenvalue weighted by molar-refractivity contribution is -0.126. The maximum atomic E-state index is 11.2. The Kier molecular flexibility index (Phi) is 4.09. The van der Waals surface area contributed by atoms with E-state index in [0.717, 1.165) is 5.69 Å². The van der Waals surface area contributed by atoms with Gasteiger partial charge in [0.05, 0.1) is 11.4 Å². The summed E-state index contributed by atoms with van der Waals surface area (Å²) in [6, 6.07) is 6.00. The van der Waals surface area contributed by atoms with Gasteiger partial charge in [-0.15, -0.1) is 0 Å². The third kappa shape index (κ3) is 3.19. The van der Waals surface area contributed by atoms with E-state index in [-0.39, 0.29) is 11.6 Å². The van der Waals surface area contributed by atoms with E-state index >= 15 is 0 Å². The second-order valence-corrected chi connectivity index (χ2v) is 4.20. The van der Waals surface area contributed by atoms with Gasteiger partial charge in [0.2, 0.25) is 0 Å². The van der Waals surface area contributed by atoms with Crippen LogP contribution in [0.4, 0.5) is 5.69 Å². The Balaban J connectivity index is 2.14. The van der Waals surface area contributed by atoms with Gasteiger partial charge in [-0.3, -0.25) is 9.59 Å². The molecule has 0 unspecified atom stereocenters. The van der Waals surface area contributed by atoms with Crippen LogP contribution in [0.3, 0.4) is 0 Å². The van der Waals surface area contributed by atoms with Gasteiger partial charge in [-0.25, -0.2) is 9.67 Å². The largest absolute Gasteiger partial charge is 0.297 e. The standard InChI is InChI=1S/C13H13N5O2/c1-9(19)13(10(2)20)17-16-11-3-5-12(6-4-11)18-8-14-7-15-18/h3-8,13H,1-2H3. The van der Waals surface area contributed by atoms with Crippen LogP contribution in [0, 0.1) is 0 Å². The van der Waals surface area contributed by atoms with E-state index in [9.17, 15) is 9.59 Å². The topological polar surface area (TPSA) is 89.6 Å². The fourth-order valence-electron chi connectivity index (χ4n) is 1.59. The minimum Gasteiger partial charge on any atom is -0.297 e. The zero-order valence-corrected chi connectivity index (χ0v) is 11.1. The number of ketones is 2. The first-order valence-electron chi connectivity index (χ1n) is 5.95. The van der Waals surface area contributed by atoms with Crippen LogP contribution in [0.15, 0.2) is 47.1 Å². The van der Waals surface area contributed by atoms with Crippen molar-refractivity contribution in [2.75, 3.05) is 0 Å². The summed E-state index contributed by atoms with van der Waals surface area (Å²) in [5.41, 5.74) is 1.39. The molecule has 2 aromatic rings. The molecule has 0 saturated carbocycles. The van der Waals surface area contributed by atoms with E-state index in [1.54, 1.807) is 35.3 Å². The van der Waals surface area contributed by atoms with Gasteiger partial charge in [0.1, 0.15) is 12.7 Å². The van der Waals surface area contributed by atoms with E-state index in [1.165, 1.54) is 20.2 Å². The number of carbonyl (C=O) groups is 2. The Bertz CT molecular complexity index is 617. The van der Waals surface area contributed by atoms with Gasteiger partial charge in [0, 0.05) is 0 Å². The van der Waals surface area contributed by atoms with Crippen LogP contribution in [0.2, 0.25) is 0 Å². The summed E-state index contributed by atoms with van der Waals surface area (Å²) in [5, 5.41) is 11.7. The van der Waals surface area contributed by atoms with Gasteiger partial charge in [0.25, 0.3) is 0 Å². The number of benzene rings is 1. The maximum Gasteiger partial charge on any atom is 0.187 e. The summed E-state index contributed by atoms with van der Waals surface area (Å²) in [6.07, 6.45) is 3.02. The Morgan fingerprint density at radius 1 is 1.15 bits per heavy atom. The molecule has 7 nitrogen and oxygen atoms in total. The van der Waals surface area contributed by atoms with Crippen LogP contribution in [-0.2, 0) is 9.59 Å². The van der Waals surface area contributed by atoms with Crippen LogP contribution in [0.1, 0.15) is 13.8 Å². The van der Waals surface area contributed by atoms with Gasteiger partial charge in [-0.1, -0.05) is 0 Å². The maximum absolute atomic E-state index is 11.2. The highest BCUT2D eigenvalue weighted by atomic mass is 16.2. The van der Waals surface area contributed by atoms with Crippen molar-refractivity contribution in [1.29, 1.82) is 0 Å². The number of hydrogen-bond donors (Lipinski definition) is 0. The van der Waals surface area contributed by atoms with Crippen LogP contribution < -0.4 is 0 Å². The number of Topliss-reactive ketones (excluding diaryl/α,β-unsaturated/α-hetero) is 2. The quantitative estimate of drug-likeness (QED) is 0.613. The molecule has 0 radical (unpaired) electrons. The Labute approximate surface area is 115 Å². The van der Waals surface area contributed by atoms with Crippen molar-refractivity contribution in [3.05, 3.63) is 36.9 Å². The number of carbonyl (C=O) groups excluding carboxylic acids is 2. The number of aromatic nitrogens is 3. The average molecular weight is 271 g/mol. The molecule has 0 aliphatic heterocycles. The molecule has 1 aromatic carbocycles. The molecule has 0 spiro atoms. The average Bonchev–Trinajstić information content (AvgIpc) is 2.92. The van der Waals surface area contributed by atoms with Crippen LogP contribution in [-0.4, -0.2) is 32.4 Å². The molecule has 0 bridgehead atoms. The van der Waals surface area contributed by atoms with Crippen molar-refractivity contribution >= 4 is 17.3 Å². The first-order chi connectivity index (χ1) is 9.58. The fourth-order valence-corrected chi connectivity index (χ4v) is 1.59. The first kappa shape index (κ1) is 13.7. The summed E-state index contributed by atoms with van der Waals surface area (Å²) in [4.78, 5) is 26.3. The predicted molar refractivity (Wildman–Crippen MR) is 71.0 cm³/mol. The third-order valence-electron chi connectivity index (χ3n) is 2.59. The van der Waals surface area contributed by atoms with E-state index < -0.39 is 6.04 Å². The van der Waals surface area contributed by atoms with Crippen LogP contribution in [0.5, 0.6) is 0 Å². The number of hydrogen-bond acceptors (Lipinski definition) is 6. The Morgan fingerprint density at radius 3 is 2.30 bits per heavy atom. The van der Waals surface area contributed by atoms with E-state index in [1.807, 2.05) is 0 Å². The molecule has 0 atom stereocenters. The van der Waals surface area contributed by atoms with E-state index in [4.69, 9.17) is 0 Å². The summed E-state index contributed by atoms with van der Waals surface area (Å²) in [7, 11) is 0. The molecule has 20 heavy (non-hydrogen) atoms. The molecule has 0 aliphatic rings. The van der Waals surface area contributed by atoms with Crippen molar-refractivity contribution in [1.82, 2.24) is 14.8 Å². The van der Waals surface area contributed by atoms with Gasteiger partial charge in [-0.05, 0) is 38.1 Å². The van der Waals surface area contributed by atoms with Crippen molar-refractivity contribution in [2.45, 2.75) is 19.9 Å². The van der Waals surface area contributed by atoms with E-state index in [2.05, 4.69) is 20.3 Å². The molecule has 1 aromatic heterocycles. The molecule has 7 heteroatoms. The summed E-state index contributed by atoms with van der Waals surface area (Å²) < 4.78 is 1.61. The molecular formula is C13H13N5O2. The molecule has 0 fully saturated rings. The normalized spacial score (nSPS) is 11.2. The minimum atomic E-state index is -1.02. The molecule has 0 saturated heterocycles. The zero-order chi connectivity index (χ0) is 14.5. The molecule has 2 rings (SSSR count). The van der Waals surface area contributed by atoms with Gasteiger partial charge < -0.3 is 0 Å². The lowest BCUT2D eigenvalue weighted by atomic mass is 10.1.